The Balaban J connectivity index is 3.07. The first-order valence-electron chi connectivity index (χ1n) is 4.85. The van der Waals surface area contributed by atoms with Gasteiger partial charge in [-0.05, 0) is 28.3 Å². The monoisotopic (exact) mass is 257 g/mol. The number of anilines is 1. The third kappa shape index (κ3) is 2.67. The summed E-state index contributed by atoms with van der Waals surface area (Å²) >= 11 is 3.42. The molecular weight excluding hydrogens is 242 g/mol. The zero-order valence-electron chi connectivity index (χ0n) is 8.84. The fraction of sp³-hybridized carbons (Fsp3) is 0.600. The van der Waals surface area contributed by atoms with Gasteiger partial charge in [-0.25, -0.2) is 9.97 Å². The molecule has 0 fully saturated rings. The molecule has 2 N–H and O–H groups in total. The van der Waals surface area contributed by atoms with Gasteiger partial charge in [0.25, 0.3) is 0 Å². The molecule has 0 amide bonds. The average Bonchev–Trinajstić information content (AvgIpc) is 2.11. The van der Waals surface area contributed by atoms with Crippen LogP contribution in [0.5, 0.6) is 0 Å². The third-order valence-corrected chi connectivity index (χ3v) is 2.77. The van der Waals surface area contributed by atoms with E-state index >= 15 is 0 Å². The smallest absolute Gasteiger partial charge is 0.141 e. The summed E-state index contributed by atoms with van der Waals surface area (Å²) in [5, 5.41) is 0. The Morgan fingerprint density at radius 2 is 2.00 bits per heavy atom. The summed E-state index contributed by atoms with van der Waals surface area (Å²) in [4.78, 5) is 8.63. The molecule has 1 aromatic rings. The highest BCUT2D eigenvalue weighted by atomic mass is 79.9. The summed E-state index contributed by atoms with van der Waals surface area (Å²) in [5.41, 5.74) is 6.79. The molecule has 1 aromatic heterocycles. The van der Waals surface area contributed by atoms with Gasteiger partial charge in [-0.1, -0.05) is 20.8 Å². The van der Waals surface area contributed by atoms with Gasteiger partial charge in [-0.2, -0.15) is 0 Å². The summed E-state index contributed by atoms with van der Waals surface area (Å²) in [6, 6.07) is 0. The van der Waals surface area contributed by atoms with E-state index in [0.29, 0.717) is 11.7 Å². The standard InChI is InChI=1S/C10H16BrN3/c1-4-8-13-7(5-6(2)3)9(11)10(12)14-8/h6H,4-5H2,1-3H3,(H2,12,13,14). The van der Waals surface area contributed by atoms with Crippen LogP contribution in [0.15, 0.2) is 4.47 Å². The van der Waals surface area contributed by atoms with Crippen LogP contribution in [-0.4, -0.2) is 9.97 Å². The fourth-order valence-corrected chi connectivity index (χ4v) is 1.59. The maximum Gasteiger partial charge on any atom is 0.141 e. The van der Waals surface area contributed by atoms with Gasteiger partial charge in [-0.3, -0.25) is 0 Å². The minimum atomic E-state index is 0.549. The second-order valence-electron chi connectivity index (χ2n) is 3.74. The van der Waals surface area contributed by atoms with Crippen molar-refractivity contribution in [3.8, 4) is 0 Å². The zero-order valence-corrected chi connectivity index (χ0v) is 10.4. The first-order chi connectivity index (χ1) is 6.54. The summed E-state index contributed by atoms with van der Waals surface area (Å²) in [6.45, 7) is 6.36. The van der Waals surface area contributed by atoms with E-state index in [-0.39, 0.29) is 0 Å². The van der Waals surface area contributed by atoms with Crippen LogP contribution >= 0.6 is 15.9 Å². The van der Waals surface area contributed by atoms with E-state index in [1.165, 1.54) is 0 Å². The van der Waals surface area contributed by atoms with Crippen molar-refractivity contribution in [1.29, 1.82) is 0 Å². The van der Waals surface area contributed by atoms with Crippen LogP contribution in [0, 0.1) is 5.92 Å². The molecule has 0 radical (unpaired) electrons. The highest BCUT2D eigenvalue weighted by Crippen LogP contribution is 2.23. The average molecular weight is 258 g/mol. The SMILES string of the molecule is CCc1nc(N)c(Br)c(CC(C)C)n1. The van der Waals surface area contributed by atoms with E-state index in [2.05, 4.69) is 39.7 Å². The van der Waals surface area contributed by atoms with E-state index in [1.54, 1.807) is 0 Å². The van der Waals surface area contributed by atoms with Crippen molar-refractivity contribution >= 4 is 21.7 Å². The molecule has 0 saturated carbocycles. The molecule has 3 nitrogen and oxygen atoms in total. The Hall–Kier alpha value is -0.640. The number of halogens is 1. The van der Waals surface area contributed by atoms with Crippen LogP contribution in [0.2, 0.25) is 0 Å². The van der Waals surface area contributed by atoms with Crippen molar-refractivity contribution in [3.05, 3.63) is 16.0 Å². The molecule has 14 heavy (non-hydrogen) atoms. The van der Waals surface area contributed by atoms with E-state index in [9.17, 15) is 0 Å². The van der Waals surface area contributed by atoms with Crippen LogP contribution in [0.1, 0.15) is 32.3 Å². The Kier molecular flexibility index (Phi) is 3.86. The van der Waals surface area contributed by atoms with Crippen molar-refractivity contribution in [2.24, 2.45) is 5.92 Å². The highest BCUT2D eigenvalue weighted by Gasteiger charge is 2.10. The molecule has 0 saturated heterocycles. The quantitative estimate of drug-likeness (QED) is 0.906. The molecule has 0 bridgehead atoms. The number of hydrogen-bond acceptors (Lipinski definition) is 3. The predicted molar refractivity (Wildman–Crippen MR) is 62.1 cm³/mol. The van der Waals surface area contributed by atoms with Crippen molar-refractivity contribution < 1.29 is 0 Å². The molecule has 0 aromatic carbocycles. The van der Waals surface area contributed by atoms with Crippen LogP contribution in [0.4, 0.5) is 5.82 Å². The maximum atomic E-state index is 5.77. The summed E-state index contributed by atoms with van der Waals surface area (Å²) in [7, 11) is 0. The normalized spacial score (nSPS) is 10.9. The Morgan fingerprint density at radius 1 is 1.36 bits per heavy atom. The fourth-order valence-electron chi connectivity index (χ4n) is 1.25. The number of nitrogens with zero attached hydrogens (tertiary/aromatic N) is 2. The number of nitrogen functional groups attached to an aromatic ring is 1. The first kappa shape index (κ1) is 11.4. The maximum absolute atomic E-state index is 5.77. The Morgan fingerprint density at radius 3 is 2.50 bits per heavy atom. The number of nitrogens with two attached hydrogens (primary N) is 1. The van der Waals surface area contributed by atoms with Gasteiger partial charge in [-0.15, -0.1) is 0 Å². The summed E-state index contributed by atoms with van der Waals surface area (Å²) in [6.07, 6.45) is 1.75. The Labute approximate surface area is 93.3 Å². The van der Waals surface area contributed by atoms with Gasteiger partial charge >= 0.3 is 0 Å². The second-order valence-corrected chi connectivity index (χ2v) is 4.53. The van der Waals surface area contributed by atoms with Crippen LogP contribution in [-0.2, 0) is 12.8 Å². The van der Waals surface area contributed by atoms with E-state index in [0.717, 1.165) is 28.8 Å². The van der Waals surface area contributed by atoms with Crippen molar-refractivity contribution in [3.63, 3.8) is 0 Å². The predicted octanol–water partition coefficient (Wildman–Crippen LogP) is 2.58. The van der Waals surface area contributed by atoms with Crippen molar-refractivity contribution in [2.45, 2.75) is 33.6 Å². The van der Waals surface area contributed by atoms with E-state index < -0.39 is 0 Å². The van der Waals surface area contributed by atoms with Crippen LogP contribution in [0.3, 0.4) is 0 Å². The largest absolute Gasteiger partial charge is 0.383 e. The molecule has 0 aliphatic heterocycles. The molecule has 0 atom stereocenters. The molecule has 0 aliphatic carbocycles. The topological polar surface area (TPSA) is 51.8 Å². The molecule has 0 aliphatic rings. The van der Waals surface area contributed by atoms with E-state index in [4.69, 9.17) is 5.73 Å². The number of rotatable bonds is 3. The molecular formula is C10H16BrN3. The van der Waals surface area contributed by atoms with Crippen LogP contribution in [0.25, 0.3) is 0 Å². The molecule has 78 valence electrons. The summed E-state index contributed by atoms with van der Waals surface area (Å²) < 4.78 is 0.850. The first-order valence-corrected chi connectivity index (χ1v) is 5.64. The molecule has 1 heterocycles. The molecule has 4 heteroatoms. The highest BCUT2D eigenvalue weighted by molar-refractivity contribution is 9.10. The third-order valence-electron chi connectivity index (χ3n) is 1.91. The van der Waals surface area contributed by atoms with Gasteiger partial charge in [0, 0.05) is 6.42 Å². The van der Waals surface area contributed by atoms with Crippen molar-refractivity contribution in [1.82, 2.24) is 9.97 Å². The number of aryl methyl sites for hydroxylation is 1. The second kappa shape index (κ2) is 4.73. The summed E-state index contributed by atoms with van der Waals surface area (Å²) in [5.74, 6) is 1.94. The van der Waals surface area contributed by atoms with Crippen molar-refractivity contribution in [2.75, 3.05) is 5.73 Å². The molecule has 1 rings (SSSR count). The zero-order chi connectivity index (χ0) is 10.7. The molecule has 0 spiro atoms. The lowest BCUT2D eigenvalue weighted by molar-refractivity contribution is 0.628. The minimum absolute atomic E-state index is 0.549. The lowest BCUT2D eigenvalue weighted by Crippen LogP contribution is -2.07. The van der Waals surface area contributed by atoms with E-state index in [1.807, 2.05) is 6.92 Å². The van der Waals surface area contributed by atoms with Gasteiger partial charge in [0.15, 0.2) is 0 Å². The minimum Gasteiger partial charge on any atom is -0.383 e. The van der Waals surface area contributed by atoms with Gasteiger partial charge < -0.3 is 5.73 Å². The lowest BCUT2D eigenvalue weighted by Gasteiger charge is -2.09. The van der Waals surface area contributed by atoms with Gasteiger partial charge in [0.1, 0.15) is 11.6 Å². The number of hydrogen-bond donors (Lipinski definition) is 1. The van der Waals surface area contributed by atoms with Gasteiger partial charge in [0.05, 0.1) is 10.2 Å². The molecule has 0 unspecified atom stereocenters. The Bertz CT molecular complexity index is 323. The van der Waals surface area contributed by atoms with Gasteiger partial charge in [0.2, 0.25) is 0 Å². The van der Waals surface area contributed by atoms with Crippen LogP contribution < -0.4 is 5.73 Å². The lowest BCUT2D eigenvalue weighted by atomic mass is 10.1. The number of aromatic nitrogens is 2.